The first-order valence-corrected chi connectivity index (χ1v) is 9.36. The van der Waals surface area contributed by atoms with Crippen LogP contribution in [0.4, 0.5) is 0 Å². The number of nitrogens with zero attached hydrogens (tertiary/aromatic N) is 4. The second kappa shape index (κ2) is 8.04. The number of halogens is 1. The second-order valence-corrected chi connectivity index (χ2v) is 7.05. The van der Waals surface area contributed by atoms with Crippen LogP contribution in [0.25, 0.3) is 11.5 Å². The average molecular weight is 417 g/mol. The van der Waals surface area contributed by atoms with E-state index in [2.05, 4.69) is 15.4 Å². The number of rotatable bonds is 7. The molecule has 150 valence electrons. The molecule has 1 aliphatic rings. The number of aryl methyl sites for hydroxylation is 1. The molecular formula is C19H17ClN4O5. The fourth-order valence-electron chi connectivity index (χ4n) is 2.75. The number of hydrogen-bond acceptors (Lipinski definition) is 8. The van der Waals surface area contributed by atoms with E-state index in [1.807, 2.05) is 6.07 Å². The van der Waals surface area contributed by atoms with Crippen molar-refractivity contribution in [1.82, 2.24) is 20.3 Å². The molecule has 1 aliphatic carbocycles. The van der Waals surface area contributed by atoms with Gasteiger partial charge in [-0.3, -0.25) is 4.79 Å². The van der Waals surface area contributed by atoms with Crippen molar-refractivity contribution in [1.29, 1.82) is 0 Å². The zero-order chi connectivity index (χ0) is 20.4. The Morgan fingerprint density at radius 1 is 1.28 bits per heavy atom. The maximum absolute atomic E-state index is 12.6. The quantitative estimate of drug-likeness (QED) is 0.540. The number of hydrogen-bond donors (Lipinski definition) is 0. The van der Waals surface area contributed by atoms with E-state index in [1.165, 1.54) is 6.07 Å². The lowest BCUT2D eigenvalue weighted by Crippen LogP contribution is -2.36. The first kappa shape index (κ1) is 19.1. The summed E-state index contributed by atoms with van der Waals surface area (Å²) in [7, 11) is 0. The zero-order valence-corrected chi connectivity index (χ0v) is 16.3. The van der Waals surface area contributed by atoms with Crippen molar-refractivity contribution in [3.63, 3.8) is 0 Å². The lowest BCUT2D eigenvalue weighted by atomic mass is 10.2. The van der Waals surface area contributed by atoms with Gasteiger partial charge in [0.05, 0.1) is 22.8 Å². The Labute approximate surface area is 170 Å². The van der Waals surface area contributed by atoms with E-state index in [0.29, 0.717) is 16.3 Å². The normalized spacial score (nSPS) is 13.3. The lowest BCUT2D eigenvalue weighted by molar-refractivity contribution is -0.136. The predicted molar refractivity (Wildman–Crippen MR) is 99.8 cm³/mol. The summed E-state index contributed by atoms with van der Waals surface area (Å²) in [5.41, 5.74) is 1.17. The van der Waals surface area contributed by atoms with Crippen molar-refractivity contribution in [3.8, 4) is 11.5 Å². The van der Waals surface area contributed by atoms with Gasteiger partial charge in [0.25, 0.3) is 5.91 Å². The van der Waals surface area contributed by atoms with Crippen molar-refractivity contribution < 1.29 is 23.3 Å². The summed E-state index contributed by atoms with van der Waals surface area (Å²) in [6.07, 6.45) is 1.74. The molecule has 0 spiro atoms. The molecule has 0 aliphatic heterocycles. The Hall–Kier alpha value is -3.20. The number of esters is 1. The molecule has 4 rings (SSSR count). The highest BCUT2D eigenvalue weighted by Gasteiger charge is 2.34. The van der Waals surface area contributed by atoms with Crippen LogP contribution in [0.3, 0.4) is 0 Å². The van der Waals surface area contributed by atoms with E-state index in [0.717, 1.165) is 12.8 Å². The van der Waals surface area contributed by atoms with Crippen molar-refractivity contribution in [2.45, 2.75) is 32.4 Å². The highest BCUT2D eigenvalue weighted by molar-refractivity contribution is 6.33. The minimum Gasteiger partial charge on any atom is -0.450 e. The van der Waals surface area contributed by atoms with Gasteiger partial charge in [-0.15, -0.1) is 10.2 Å². The van der Waals surface area contributed by atoms with Crippen LogP contribution in [0.1, 0.15) is 35.0 Å². The van der Waals surface area contributed by atoms with E-state index in [4.69, 9.17) is 25.3 Å². The molecule has 0 unspecified atom stereocenters. The predicted octanol–water partition coefficient (Wildman–Crippen LogP) is 3.03. The van der Waals surface area contributed by atoms with Crippen LogP contribution in [0.5, 0.6) is 0 Å². The topological polar surface area (TPSA) is 112 Å². The molecule has 10 heteroatoms. The number of aromatic nitrogens is 3. The molecule has 1 aromatic carbocycles. The fraction of sp³-hybridized carbons (Fsp3) is 0.316. The van der Waals surface area contributed by atoms with Crippen LogP contribution in [0.2, 0.25) is 5.02 Å². The highest BCUT2D eigenvalue weighted by Crippen LogP contribution is 2.30. The Morgan fingerprint density at radius 3 is 2.76 bits per heavy atom. The summed E-state index contributed by atoms with van der Waals surface area (Å²) in [5.74, 6) is -0.587. The van der Waals surface area contributed by atoms with Crippen molar-refractivity contribution in [2.75, 3.05) is 6.61 Å². The third kappa shape index (κ3) is 4.45. The number of carbonyl (C=O) groups excluding carboxylic acids is 2. The molecule has 1 fully saturated rings. The van der Waals surface area contributed by atoms with Crippen LogP contribution in [-0.2, 0) is 16.1 Å². The molecule has 2 heterocycles. The van der Waals surface area contributed by atoms with Gasteiger partial charge in [-0.1, -0.05) is 28.9 Å². The van der Waals surface area contributed by atoms with Crippen LogP contribution < -0.4 is 0 Å². The molecule has 3 aromatic rings. The first-order valence-electron chi connectivity index (χ1n) is 8.98. The molecule has 0 saturated heterocycles. The van der Waals surface area contributed by atoms with Gasteiger partial charge in [0, 0.05) is 12.1 Å². The third-order valence-corrected chi connectivity index (χ3v) is 4.67. The molecule has 1 amide bonds. The zero-order valence-electron chi connectivity index (χ0n) is 15.5. The average Bonchev–Trinajstić information content (AvgIpc) is 3.28. The van der Waals surface area contributed by atoms with Crippen molar-refractivity contribution in [3.05, 3.63) is 52.7 Å². The summed E-state index contributed by atoms with van der Waals surface area (Å²) in [6.45, 7) is 1.39. The summed E-state index contributed by atoms with van der Waals surface area (Å²) >= 11 is 6.15. The van der Waals surface area contributed by atoms with Gasteiger partial charge in [0.1, 0.15) is 0 Å². The number of benzene rings is 1. The third-order valence-electron chi connectivity index (χ3n) is 4.34. The van der Waals surface area contributed by atoms with Gasteiger partial charge in [0.2, 0.25) is 17.5 Å². The summed E-state index contributed by atoms with van der Waals surface area (Å²) in [4.78, 5) is 26.1. The molecule has 0 bridgehead atoms. The molecule has 0 radical (unpaired) electrons. The van der Waals surface area contributed by atoms with Gasteiger partial charge < -0.3 is 18.6 Å². The summed E-state index contributed by atoms with van der Waals surface area (Å²) in [6, 6.07) is 8.62. The monoisotopic (exact) mass is 416 g/mol. The van der Waals surface area contributed by atoms with Gasteiger partial charge in [0.15, 0.2) is 6.61 Å². The van der Waals surface area contributed by atoms with Gasteiger partial charge in [-0.2, -0.15) is 0 Å². The molecule has 0 N–H and O–H groups in total. The van der Waals surface area contributed by atoms with E-state index < -0.39 is 12.6 Å². The fourth-order valence-corrected chi connectivity index (χ4v) is 2.97. The van der Waals surface area contributed by atoms with E-state index in [9.17, 15) is 9.59 Å². The minimum atomic E-state index is -0.742. The molecule has 9 nitrogen and oxygen atoms in total. The number of ether oxygens (including phenoxy) is 1. The Morgan fingerprint density at radius 2 is 2.07 bits per heavy atom. The molecular weight excluding hydrogens is 400 g/mol. The van der Waals surface area contributed by atoms with E-state index in [1.54, 1.807) is 30.0 Å². The Bertz CT molecular complexity index is 1040. The minimum absolute atomic E-state index is 0.0467. The van der Waals surface area contributed by atoms with Crippen LogP contribution >= 0.6 is 11.6 Å². The lowest BCUT2D eigenvalue weighted by Gasteiger charge is -2.20. The highest BCUT2D eigenvalue weighted by atomic mass is 35.5. The second-order valence-electron chi connectivity index (χ2n) is 6.64. The van der Waals surface area contributed by atoms with Gasteiger partial charge in [-0.25, -0.2) is 4.79 Å². The molecule has 0 atom stereocenters. The van der Waals surface area contributed by atoms with E-state index >= 15 is 0 Å². The number of amides is 1. The molecule has 29 heavy (non-hydrogen) atoms. The SMILES string of the molecule is Cc1cc(C(=O)OCC(=O)N(Cc2nnc(-c3ccccc3Cl)o2)C2CC2)on1. The number of carbonyl (C=O) groups is 2. The maximum Gasteiger partial charge on any atom is 0.377 e. The van der Waals surface area contributed by atoms with Crippen LogP contribution in [-0.4, -0.2) is 44.8 Å². The van der Waals surface area contributed by atoms with Crippen LogP contribution in [0.15, 0.2) is 39.3 Å². The maximum atomic E-state index is 12.6. The molecule has 2 aromatic heterocycles. The largest absolute Gasteiger partial charge is 0.450 e. The van der Waals surface area contributed by atoms with Crippen molar-refractivity contribution in [2.24, 2.45) is 0 Å². The van der Waals surface area contributed by atoms with Gasteiger partial charge in [-0.05, 0) is 31.9 Å². The standard InChI is InChI=1S/C19H17ClN4O5/c1-11-8-15(29-23-11)19(26)27-10-17(25)24(12-6-7-12)9-16-21-22-18(28-16)13-4-2-3-5-14(13)20/h2-5,8,12H,6-7,9-10H2,1H3. The van der Waals surface area contributed by atoms with Crippen LogP contribution in [0, 0.1) is 6.92 Å². The van der Waals surface area contributed by atoms with Crippen molar-refractivity contribution >= 4 is 23.5 Å². The smallest absolute Gasteiger partial charge is 0.377 e. The van der Waals surface area contributed by atoms with Gasteiger partial charge >= 0.3 is 5.97 Å². The molecule has 1 saturated carbocycles. The van der Waals surface area contributed by atoms with E-state index in [-0.39, 0.29) is 36.0 Å². The summed E-state index contributed by atoms with van der Waals surface area (Å²) in [5, 5.41) is 12.1. The summed E-state index contributed by atoms with van der Waals surface area (Å²) < 4.78 is 15.6. The first-order chi connectivity index (χ1) is 14.0. The Balaban J connectivity index is 1.40. The Kier molecular flexibility index (Phi) is 5.30.